The molecule has 0 fully saturated rings. The molecule has 0 saturated heterocycles. The Hall–Kier alpha value is -1.39. The van der Waals surface area contributed by atoms with Crippen LogP contribution in [0.15, 0.2) is 57.5 Å². The molecule has 21 heavy (non-hydrogen) atoms. The van der Waals surface area contributed by atoms with Crippen LogP contribution >= 0.6 is 31.9 Å². The Morgan fingerprint density at radius 1 is 1.05 bits per heavy atom. The lowest BCUT2D eigenvalue weighted by Gasteiger charge is -2.08. The van der Waals surface area contributed by atoms with Crippen molar-refractivity contribution in [3.8, 4) is 0 Å². The molecule has 4 heteroatoms. The van der Waals surface area contributed by atoms with Gasteiger partial charge >= 0.3 is 0 Å². The van der Waals surface area contributed by atoms with Gasteiger partial charge in [-0.05, 0) is 41.1 Å². The summed E-state index contributed by atoms with van der Waals surface area (Å²) in [6.45, 7) is 2.37. The molecule has 0 bridgehead atoms. The van der Waals surface area contributed by atoms with E-state index in [1.807, 2.05) is 49.4 Å². The van der Waals surface area contributed by atoms with Gasteiger partial charge < -0.3 is 4.57 Å². The van der Waals surface area contributed by atoms with E-state index in [-0.39, 0.29) is 5.78 Å². The van der Waals surface area contributed by atoms with Gasteiger partial charge in [-0.3, -0.25) is 4.79 Å². The van der Waals surface area contributed by atoms with Crippen molar-refractivity contribution in [3.05, 3.63) is 68.7 Å². The summed E-state index contributed by atoms with van der Waals surface area (Å²) in [5, 5.41) is 1.14. The van der Waals surface area contributed by atoms with Gasteiger partial charge in [0.1, 0.15) is 0 Å². The Labute approximate surface area is 140 Å². The Balaban J connectivity index is 2.00. The van der Waals surface area contributed by atoms with Crippen LogP contribution in [0.5, 0.6) is 0 Å². The van der Waals surface area contributed by atoms with Crippen molar-refractivity contribution in [2.24, 2.45) is 0 Å². The molecule has 0 aliphatic heterocycles. The molecule has 0 saturated carbocycles. The summed E-state index contributed by atoms with van der Waals surface area (Å²) >= 11 is 7.01. The van der Waals surface area contributed by atoms with E-state index in [9.17, 15) is 4.79 Å². The van der Waals surface area contributed by atoms with E-state index in [1.165, 1.54) is 0 Å². The molecular weight excluding hydrogens is 394 g/mol. The minimum absolute atomic E-state index is 0.110. The molecule has 0 N–H and O–H groups in total. The van der Waals surface area contributed by atoms with Crippen molar-refractivity contribution in [2.45, 2.75) is 13.5 Å². The number of nitrogens with zero attached hydrogens (tertiary/aromatic N) is 1. The van der Waals surface area contributed by atoms with E-state index in [0.29, 0.717) is 6.54 Å². The fourth-order valence-electron chi connectivity index (χ4n) is 2.46. The second kappa shape index (κ2) is 5.78. The first-order valence-corrected chi connectivity index (χ1v) is 8.18. The lowest BCUT2D eigenvalue weighted by Crippen LogP contribution is -2.11. The third-order valence-electron chi connectivity index (χ3n) is 3.62. The van der Waals surface area contributed by atoms with Crippen LogP contribution in [0, 0.1) is 6.92 Å². The summed E-state index contributed by atoms with van der Waals surface area (Å²) in [6.07, 6.45) is 0. The predicted molar refractivity (Wildman–Crippen MR) is 92.8 cm³/mol. The van der Waals surface area contributed by atoms with Crippen LogP contribution in [0.2, 0.25) is 0 Å². The fraction of sp³-hybridized carbons (Fsp3) is 0.118. The van der Waals surface area contributed by atoms with E-state index >= 15 is 0 Å². The Morgan fingerprint density at radius 2 is 1.71 bits per heavy atom. The summed E-state index contributed by atoms with van der Waals surface area (Å²) in [6, 6.07) is 15.6. The highest BCUT2D eigenvalue weighted by Crippen LogP contribution is 2.30. The van der Waals surface area contributed by atoms with E-state index in [0.717, 1.165) is 31.1 Å². The van der Waals surface area contributed by atoms with Gasteiger partial charge in [-0.2, -0.15) is 0 Å². The Bertz CT molecular complexity index is 819. The zero-order chi connectivity index (χ0) is 15.0. The smallest absolute Gasteiger partial charge is 0.182 e. The number of carbonyl (C=O) groups is 1. The average Bonchev–Trinajstić information content (AvgIpc) is 2.73. The molecule has 0 amide bonds. The lowest BCUT2D eigenvalue weighted by molar-refractivity contribution is 0.0973. The molecule has 2 aromatic carbocycles. The molecule has 106 valence electrons. The Kier molecular flexibility index (Phi) is 4.00. The topological polar surface area (TPSA) is 22.0 Å². The number of para-hydroxylation sites is 1. The number of carbonyl (C=O) groups excluding carboxylic acids is 1. The van der Waals surface area contributed by atoms with Crippen LogP contribution in [0.1, 0.15) is 16.1 Å². The minimum atomic E-state index is 0.110. The first-order chi connectivity index (χ1) is 10.1. The SMILES string of the molecule is Cc1c(Br)c2ccccc2n1CC(=O)c1ccc(Br)cc1. The van der Waals surface area contributed by atoms with Gasteiger partial charge in [0.25, 0.3) is 0 Å². The quantitative estimate of drug-likeness (QED) is 0.536. The summed E-state index contributed by atoms with van der Waals surface area (Å²) in [5.74, 6) is 0.110. The van der Waals surface area contributed by atoms with Crippen molar-refractivity contribution in [1.82, 2.24) is 4.57 Å². The number of hydrogen-bond acceptors (Lipinski definition) is 1. The van der Waals surface area contributed by atoms with Crippen molar-refractivity contribution in [2.75, 3.05) is 0 Å². The fourth-order valence-corrected chi connectivity index (χ4v) is 3.28. The molecule has 1 aromatic heterocycles. The molecule has 0 aliphatic rings. The van der Waals surface area contributed by atoms with Gasteiger partial charge in [0.15, 0.2) is 5.78 Å². The molecule has 2 nitrogen and oxygen atoms in total. The number of benzene rings is 2. The van der Waals surface area contributed by atoms with Gasteiger partial charge in [-0.25, -0.2) is 0 Å². The number of aromatic nitrogens is 1. The predicted octanol–water partition coefficient (Wildman–Crippen LogP) is 5.36. The third kappa shape index (κ3) is 2.70. The second-order valence-electron chi connectivity index (χ2n) is 4.93. The normalized spacial score (nSPS) is 11.0. The van der Waals surface area contributed by atoms with E-state index in [4.69, 9.17) is 0 Å². The molecule has 0 unspecified atom stereocenters. The van der Waals surface area contributed by atoms with Crippen LogP contribution in [-0.2, 0) is 6.54 Å². The first-order valence-electron chi connectivity index (χ1n) is 6.60. The summed E-state index contributed by atoms with van der Waals surface area (Å²) in [7, 11) is 0. The number of fused-ring (bicyclic) bond motifs is 1. The zero-order valence-electron chi connectivity index (χ0n) is 11.4. The first kappa shape index (κ1) is 14.5. The van der Waals surface area contributed by atoms with Gasteiger partial charge in [-0.15, -0.1) is 0 Å². The largest absolute Gasteiger partial charge is 0.336 e. The third-order valence-corrected chi connectivity index (χ3v) is 5.15. The zero-order valence-corrected chi connectivity index (χ0v) is 14.6. The molecule has 3 rings (SSSR count). The highest BCUT2D eigenvalue weighted by atomic mass is 79.9. The molecular formula is C17H13Br2NO. The number of hydrogen-bond donors (Lipinski definition) is 0. The molecule has 0 radical (unpaired) electrons. The molecule has 1 heterocycles. The van der Waals surface area contributed by atoms with Crippen LogP contribution in [0.25, 0.3) is 10.9 Å². The number of ketones is 1. The van der Waals surface area contributed by atoms with E-state index in [1.54, 1.807) is 0 Å². The number of Topliss-reactive ketones (excluding diaryl/α,β-unsaturated/α-hetero) is 1. The Morgan fingerprint density at radius 3 is 2.43 bits per heavy atom. The van der Waals surface area contributed by atoms with E-state index < -0.39 is 0 Å². The van der Waals surface area contributed by atoms with Gasteiger partial charge in [-0.1, -0.05) is 46.3 Å². The van der Waals surface area contributed by atoms with Crippen LogP contribution < -0.4 is 0 Å². The molecule has 0 aliphatic carbocycles. The van der Waals surface area contributed by atoms with Crippen LogP contribution in [0.4, 0.5) is 0 Å². The highest BCUT2D eigenvalue weighted by molar-refractivity contribution is 9.11. The molecule has 0 atom stereocenters. The monoisotopic (exact) mass is 405 g/mol. The maximum absolute atomic E-state index is 12.5. The highest BCUT2D eigenvalue weighted by Gasteiger charge is 2.14. The summed E-state index contributed by atoms with van der Waals surface area (Å²) in [5.41, 5.74) is 2.88. The average molecular weight is 407 g/mol. The van der Waals surface area contributed by atoms with Gasteiger partial charge in [0, 0.05) is 31.1 Å². The van der Waals surface area contributed by atoms with Crippen molar-refractivity contribution >= 4 is 48.5 Å². The van der Waals surface area contributed by atoms with Crippen molar-refractivity contribution in [3.63, 3.8) is 0 Å². The molecule has 3 aromatic rings. The van der Waals surface area contributed by atoms with Gasteiger partial charge in [0.2, 0.25) is 0 Å². The van der Waals surface area contributed by atoms with Crippen molar-refractivity contribution in [1.29, 1.82) is 0 Å². The van der Waals surface area contributed by atoms with Gasteiger partial charge in [0.05, 0.1) is 6.54 Å². The maximum Gasteiger partial charge on any atom is 0.182 e. The number of rotatable bonds is 3. The summed E-state index contributed by atoms with van der Waals surface area (Å²) in [4.78, 5) is 12.5. The lowest BCUT2D eigenvalue weighted by atomic mass is 10.1. The molecule has 0 spiro atoms. The van der Waals surface area contributed by atoms with Crippen molar-refractivity contribution < 1.29 is 4.79 Å². The van der Waals surface area contributed by atoms with E-state index in [2.05, 4.69) is 42.5 Å². The standard InChI is InChI=1S/C17H13Br2NO/c1-11-17(19)14-4-2-3-5-15(14)20(11)10-16(21)12-6-8-13(18)9-7-12/h2-9H,10H2,1H3. The minimum Gasteiger partial charge on any atom is -0.336 e. The second-order valence-corrected chi connectivity index (χ2v) is 6.64. The van der Waals surface area contributed by atoms with Crippen LogP contribution in [0.3, 0.4) is 0 Å². The summed E-state index contributed by atoms with van der Waals surface area (Å²) < 4.78 is 4.09. The number of halogens is 2. The maximum atomic E-state index is 12.5. The van der Waals surface area contributed by atoms with Crippen LogP contribution in [-0.4, -0.2) is 10.4 Å².